The third-order valence-corrected chi connectivity index (χ3v) is 5.39. The third kappa shape index (κ3) is 3.94. The number of benzene rings is 2. The van der Waals surface area contributed by atoms with Gasteiger partial charge in [0.05, 0.1) is 0 Å². The van der Waals surface area contributed by atoms with Crippen molar-refractivity contribution in [2.24, 2.45) is 5.41 Å². The Hall–Kier alpha value is -2.67. The summed E-state index contributed by atoms with van der Waals surface area (Å²) in [4.78, 5) is 14.1. The van der Waals surface area contributed by atoms with Crippen LogP contribution in [0, 0.1) is 17.0 Å². The molecule has 1 N–H and O–H groups in total. The summed E-state index contributed by atoms with van der Waals surface area (Å²) in [5.41, 5.74) is 0.820. The molecule has 7 heteroatoms. The van der Waals surface area contributed by atoms with Crippen molar-refractivity contribution in [1.82, 2.24) is 10.2 Å². The van der Waals surface area contributed by atoms with E-state index in [0.29, 0.717) is 5.56 Å². The van der Waals surface area contributed by atoms with Crippen molar-refractivity contribution in [3.05, 3.63) is 59.7 Å². The van der Waals surface area contributed by atoms with Crippen LogP contribution in [0.25, 0.3) is 0 Å². The molecule has 2 amide bonds. The van der Waals surface area contributed by atoms with Gasteiger partial charge in [0, 0.05) is 38.3 Å². The number of halogens is 2. The number of urea groups is 1. The lowest BCUT2D eigenvalue weighted by atomic mass is 9.73. The molecule has 2 saturated heterocycles. The molecule has 148 valence electrons. The van der Waals surface area contributed by atoms with Crippen molar-refractivity contribution in [2.75, 3.05) is 26.3 Å². The summed E-state index contributed by atoms with van der Waals surface area (Å²) in [7, 11) is 0. The standard InChI is InChI=1S/C21H22F2N2O3/c22-16-3-1-2-4-18(16)28-19-6-5-15(11-17(19)23)12-24-20(26)25-13-21(14-25)7-9-27-10-8-21/h1-6,11H,7-10,12-14H2,(H,24,26). The van der Waals surface area contributed by atoms with Crippen molar-refractivity contribution < 1.29 is 23.0 Å². The highest BCUT2D eigenvalue weighted by atomic mass is 19.1. The van der Waals surface area contributed by atoms with E-state index in [4.69, 9.17) is 9.47 Å². The van der Waals surface area contributed by atoms with E-state index >= 15 is 0 Å². The van der Waals surface area contributed by atoms with Gasteiger partial charge in [-0.1, -0.05) is 18.2 Å². The number of ether oxygens (including phenoxy) is 2. The predicted molar refractivity (Wildman–Crippen MR) is 99.2 cm³/mol. The Morgan fingerprint density at radius 3 is 2.50 bits per heavy atom. The van der Waals surface area contributed by atoms with Gasteiger partial charge < -0.3 is 19.7 Å². The lowest BCUT2D eigenvalue weighted by Crippen LogP contribution is -2.62. The lowest BCUT2D eigenvalue weighted by molar-refractivity contribution is -0.0616. The van der Waals surface area contributed by atoms with E-state index in [0.717, 1.165) is 39.1 Å². The van der Waals surface area contributed by atoms with Gasteiger partial charge in [-0.25, -0.2) is 13.6 Å². The minimum absolute atomic E-state index is 0.0396. The monoisotopic (exact) mass is 388 g/mol. The molecule has 0 saturated carbocycles. The summed E-state index contributed by atoms with van der Waals surface area (Å²) in [6.45, 7) is 3.21. The Morgan fingerprint density at radius 1 is 1.07 bits per heavy atom. The Morgan fingerprint density at radius 2 is 1.79 bits per heavy atom. The van der Waals surface area contributed by atoms with Crippen molar-refractivity contribution in [2.45, 2.75) is 19.4 Å². The molecule has 0 aliphatic carbocycles. The number of para-hydroxylation sites is 1. The van der Waals surface area contributed by atoms with Crippen LogP contribution in [0.2, 0.25) is 0 Å². The number of amides is 2. The second-order valence-electron chi connectivity index (χ2n) is 7.42. The van der Waals surface area contributed by atoms with Gasteiger partial charge in [-0.05, 0) is 42.7 Å². The maximum Gasteiger partial charge on any atom is 0.317 e. The van der Waals surface area contributed by atoms with E-state index in [1.165, 1.54) is 30.3 Å². The Kier molecular flexibility index (Phi) is 5.17. The normalized spacial score (nSPS) is 17.9. The van der Waals surface area contributed by atoms with Crippen molar-refractivity contribution in [3.8, 4) is 11.5 Å². The van der Waals surface area contributed by atoms with Gasteiger partial charge in [-0.3, -0.25) is 0 Å². The summed E-state index contributed by atoms with van der Waals surface area (Å²) in [6.07, 6.45) is 1.98. The van der Waals surface area contributed by atoms with E-state index in [1.54, 1.807) is 17.0 Å². The average Bonchev–Trinajstić information content (AvgIpc) is 2.68. The van der Waals surface area contributed by atoms with Gasteiger partial charge in [-0.15, -0.1) is 0 Å². The molecule has 0 atom stereocenters. The smallest absolute Gasteiger partial charge is 0.317 e. The molecular weight excluding hydrogens is 366 g/mol. The second-order valence-corrected chi connectivity index (χ2v) is 7.42. The van der Waals surface area contributed by atoms with E-state index in [2.05, 4.69) is 5.32 Å². The van der Waals surface area contributed by atoms with Crippen LogP contribution in [0.1, 0.15) is 18.4 Å². The fourth-order valence-corrected chi connectivity index (χ4v) is 3.70. The molecule has 0 aromatic heterocycles. The molecule has 5 nitrogen and oxygen atoms in total. The largest absolute Gasteiger partial charge is 0.451 e. The van der Waals surface area contributed by atoms with Gasteiger partial charge >= 0.3 is 6.03 Å². The van der Waals surface area contributed by atoms with Crippen LogP contribution in [0.15, 0.2) is 42.5 Å². The zero-order chi connectivity index (χ0) is 19.6. The van der Waals surface area contributed by atoms with E-state index < -0.39 is 11.6 Å². The molecule has 2 heterocycles. The fourth-order valence-electron chi connectivity index (χ4n) is 3.70. The number of rotatable bonds is 4. The first kappa shape index (κ1) is 18.7. The maximum atomic E-state index is 14.3. The van der Waals surface area contributed by atoms with E-state index in [1.807, 2.05) is 0 Å². The summed E-state index contributed by atoms with van der Waals surface area (Å²) in [5, 5.41) is 2.82. The lowest BCUT2D eigenvalue weighted by Gasteiger charge is -2.51. The first-order valence-electron chi connectivity index (χ1n) is 9.36. The topological polar surface area (TPSA) is 50.8 Å². The van der Waals surface area contributed by atoms with Crippen LogP contribution in [0.5, 0.6) is 11.5 Å². The summed E-state index contributed by atoms with van der Waals surface area (Å²) in [6, 6.07) is 10.0. The Balaban J connectivity index is 1.30. The van der Waals surface area contributed by atoms with Crippen LogP contribution >= 0.6 is 0 Å². The summed E-state index contributed by atoms with van der Waals surface area (Å²) < 4.78 is 38.6. The molecule has 0 bridgehead atoms. The summed E-state index contributed by atoms with van der Waals surface area (Å²) >= 11 is 0. The van der Waals surface area contributed by atoms with Crippen molar-refractivity contribution in [3.63, 3.8) is 0 Å². The molecule has 1 spiro atoms. The van der Waals surface area contributed by atoms with Gasteiger partial charge in [0.25, 0.3) is 0 Å². The molecule has 2 aliphatic rings. The number of hydrogen-bond acceptors (Lipinski definition) is 3. The second kappa shape index (κ2) is 7.75. The SMILES string of the molecule is O=C(NCc1ccc(Oc2ccccc2F)c(F)c1)N1CC2(CCOCC2)C1. The maximum absolute atomic E-state index is 14.3. The zero-order valence-corrected chi connectivity index (χ0v) is 15.4. The number of likely N-dealkylation sites (tertiary alicyclic amines) is 1. The van der Waals surface area contributed by atoms with Crippen LogP contribution in [0.4, 0.5) is 13.6 Å². The highest BCUT2D eigenvalue weighted by Gasteiger charge is 2.45. The van der Waals surface area contributed by atoms with E-state index in [-0.39, 0.29) is 29.5 Å². The molecule has 0 radical (unpaired) electrons. The van der Waals surface area contributed by atoms with Crippen LogP contribution in [-0.2, 0) is 11.3 Å². The van der Waals surface area contributed by atoms with Gasteiger partial charge in [0.1, 0.15) is 0 Å². The molecule has 28 heavy (non-hydrogen) atoms. The molecule has 4 rings (SSSR count). The van der Waals surface area contributed by atoms with E-state index in [9.17, 15) is 13.6 Å². The van der Waals surface area contributed by atoms with Crippen molar-refractivity contribution in [1.29, 1.82) is 0 Å². The fraction of sp³-hybridized carbons (Fsp3) is 0.381. The predicted octanol–water partition coefficient (Wildman–Crippen LogP) is 4.08. The Labute approximate surface area is 162 Å². The number of carbonyl (C=O) groups is 1. The minimum atomic E-state index is -0.611. The average molecular weight is 388 g/mol. The molecule has 2 fully saturated rings. The quantitative estimate of drug-likeness (QED) is 0.859. The third-order valence-electron chi connectivity index (χ3n) is 5.39. The van der Waals surface area contributed by atoms with Gasteiger partial charge in [-0.2, -0.15) is 0 Å². The molecule has 2 aliphatic heterocycles. The van der Waals surface area contributed by atoms with Crippen LogP contribution < -0.4 is 10.1 Å². The molecular formula is C21H22F2N2O3. The number of nitrogens with zero attached hydrogens (tertiary/aromatic N) is 1. The summed E-state index contributed by atoms with van der Waals surface area (Å²) in [5.74, 6) is -1.28. The number of hydrogen-bond donors (Lipinski definition) is 1. The molecule has 2 aromatic carbocycles. The van der Waals surface area contributed by atoms with Crippen molar-refractivity contribution >= 4 is 6.03 Å². The Bertz CT molecular complexity index is 860. The highest BCUT2D eigenvalue weighted by Crippen LogP contribution is 2.39. The number of carbonyl (C=O) groups excluding carboxylic acids is 1. The molecule has 0 unspecified atom stereocenters. The first-order chi connectivity index (χ1) is 13.5. The van der Waals surface area contributed by atoms with Crippen LogP contribution in [-0.4, -0.2) is 37.2 Å². The number of nitrogens with one attached hydrogen (secondary N) is 1. The first-order valence-corrected chi connectivity index (χ1v) is 9.36. The van der Waals surface area contributed by atoms with Crippen LogP contribution in [0.3, 0.4) is 0 Å². The highest BCUT2D eigenvalue weighted by molar-refractivity contribution is 5.75. The van der Waals surface area contributed by atoms with Gasteiger partial charge in [0.15, 0.2) is 23.1 Å². The zero-order valence-electron chi connectivity index (χ0n) is 15.4. The van der Waals surface area contributed by atoms with Gasteiger partial charge in [0.2, 0.25) is 0 Å². The molecule has 2 aromatic rings. The minimum Gasteiger partial charge on any atom is -0.451 e.